The number of ether oxygens (including phenoxy) is 2. The van der Waals surface area contributed by atoms with Crippen LogP contribution in [0.4, 0.5) is 0 Å². The van der Waals surface area contributed by atoms with Crippen molar-refractivity contribution in [3.8, 4) is 0 Å². The van der Waals surface area contributed by atoms with E-state index in [0.29, 0.717) is 65.4 Å². The lowest BCUT2D eigenvalue weighted by Gasteiger charge is -2.29. The van der Waals surface area contributed by atoms with Gasteiger partial charge in [0.15, 0.2) is 10.1 Å². The third-order valence-electron chi connectivity index (χ3n) is 4.48. The Morgan fingerprint density at radius 1 is 0.731 bits per heavy atom. The molecule has 0 N–H and O–H groups in total. The lowest BCUT2D eigenvalue weighted by Crippen LogP contribution is -2.47. The summed E-state index contributed by atoms with van der Waals surface area (Å²) in [6, 6.07) is 0. The van der Waals surface area contributed by atoms with Gasteiger partial charge < -0.3 is 9.47 Å². The van der Waals surface area contributed by atoms with E-state index >= 15 is 0 Å². The minimum atomic E-state index is -0.394. The molecule has 0 saturated carbocycles. The van der Waals surface area contributed by atoms with Gasteiger partial charge in [-0.15, -0.1) is 10.0 Å². The van der Waals surface area contributed by atoms with Crippen LogP contribution in [-0.4, -0.2) is 109 Å². The maximum absolute atomic E-state index is 11.2. The van der Waals surface area contributed by atoms with Crippen LogP contribution in [0.3, 0.4) is 0 Å². The van der Waals surface area contributed by atoms with Gasteiger partial charge in [0.2, 0.25) is 0 Å². The van der Waals surface area contributed by atoms with Crippen LogP contribution in [0, 0.1) is 20.2 Å². The van der Waals surface area contributed by atoms with Crippen molar-refractivity contribution in [3.63, 3.8) is 0 Å². The van der Waals surface area contributed by atoms with Gasteiger partial charge in [-0.2, -0.15) is 0 Å². The molecule has 0 amide bonds. The van der Waals surface area contributed by atoms with Gasteiger partial charge >= 0.3 is 0 Å². The Morgan fingerprint density at radius 2 is 1.08 bits per heavy atom. The fraction of sp³-hybridized carbons (Fsp3) is 1.00. The molecule has 0 aromatic heterocycles. The molecule has 0 bridgehead atoms. The molecule has 0 radical (unpaired) electrons. The highest BCUT2D eigenvalue weighted by Gasteiger charge is 2.22. The Bertz CT molecular complexity index is 404. The van der Waals surface area contributed by atoms with Gasteiger partial charge in [-0.3, -0.25) is 9.80 Å². The van der Waals surface area contributed by atoms with Crippen molar-refractivity contribution in [3.05, 3.63) is 20.2 Å². The first-order valence-electron chi connectivity index (χ1n) is 8.95. The van der Waals surface area contributed by atoms with Crippen molar-refractivity contribution in [2.24, 2.45) is 0 Å². The van der Waals surface area contributed by atoms with Crippen LogP contribution in [0.1, 0.15) is 12.8 Å². The van der Waals surface area contributed by atoms with E-state index in [4.69, 9.17) is 9.47 Å². The van der Waals surface area contributed by atoms with E-state index in [1.165, 1.54) is 10.0 Å². The molecule has 0 aliphatic carbocycles. The molecule has 0 aromatic rings. The number of nitrogens with zero attached hydrogens (tertiary/aromatic N) is 6. The number of rotatable bonds is 11. The molecular weight excluding hydrogens is 348 g/mol. The highest BCUT2D eigenvalue weighted by atomic mass is 16.7. The summed E-state index contributed by atoms with van der Waals surface area (Å²) in [4.78, 5) is 26.4. The zero-order valence-electron chi connectivity index (χ0n) is 15.0. The third-order valence-corrected chi connectivity index (χ3v) is 4.48. The summed E-state index contributed by atoms with van der Waals surface area (Å²) in [6.45, 7) is 6.12. The predicted molar refractivity (Wildman–Crippen MR) is 91.2 cm³/mol. The Morgan fingerprint density at radius 3 is 1.38 bits per heavy atom. The quantitative estimate of drug-likeness (QED) is 0.261. The average molecular weight is 376 g/mol. The third kappa shape index (κ3) is 7.23. The van der Waals surface area contributed by atoms with Gasteiger partial charge in [0.05, 0.1) is 39.5 Å². The van der Waals surface area contributed by atoms with Gasteiger partial charge in [-0.05, 0) is 12.8 Å². The lowest BCUT2D eigenvalue weighted by molar-refractivity contribution is -0.662. The molecule has 0 atom stereocenters. The molecule has 0 aromatic carbocycles. The molecule has 2 rings (SSSR count). The lowest BCUT2D eigenvalue weighted by atomic mass is 10.3. The molecule has 26 heavy (non-hydrogen) atoms. The SMILES string of the molecule is O=[N+]([O-])N(CCCCN(CN1CCOCC1)[N+](=O)[O-])CN1CCOCC1. The molecule has 2 aliphatic rings. The van der Waals surface area contributed by atoms with E-state index in [1.807, 2.05) is 9.80 Å². The summed E-state index contributed by atoms with van der Waals surface area (Å²) in [5.74, 6) is 0. The zero-order chi connectivity index (χ0) is 18.8. The first kappa shape index (κ1) is 20.6. The highest BCUT2D eigenvalue weighted by Crippen LogP contribution is 2.05. The molecule has 150 valence electrons. The second-order valence-corrected chi connectivity index (χ2v) is 6.39. The monoisotopic (exact) mass is 376 g/mol. The van der Waals surface area contributed by atoms with E-state index in [1.54, 1.807) is 0 Å². The van der Waals surface area contributed by atoms with Crippen molar-refractivity contribution in [1.29, 1.82) is 0 Å². The Kier molecular flexibility index (Phi) is 8.74. The first-order valence-corrected chi connectivity index (χ1v) is 8.95. The second-order valence-electron chi connectivity index (χ2n) is 6.39. The Labute approximate surface area is 152 Å². The fourth-order valence-corrected chi connectivity index (χ4v) is 2.94. The van der Waals surface area contributed by atoms with Crippen molar-refractivity contribution in [1.82, 2.24) is 19.8 Å². The zero-order valence-corrected chi connectivity index (χ0v) is 15.0. The summed E-state index contributed by atoms with van der Waals surface area (Å²) < 4.78 is 10.5. The van der Waals surface area contributed by atoms with Crippen LogP contribution in [0.2, 0.25) is 0 Å². The van der Waals surface area contributed by atoms with Crippen molar-refractivity contribution in [2.45, 2.75) is 12.8 Å². The number of morpholine rings is 2. The minimum absolute atomic E-state index is 0.253. The number of unbranched alkanes of at least 4 members (excludes halogenated alkanes) is 1. The van der Waals surface area contributed by atoms with Crippen molar-refractivity contribution < 1.29 is 19.5 Å². The highest BCUT2D eigenvalue weighted by molar-refractivity contribution is 4.62. The normalized spacial score (nSPS) is 19.2. The summed E-state index contributed by atoms with van der Waals surface area (Å²) in [5.41, 5.74) is 0. The van der Waals surface area contributed by atoms with E-state index in [-0.39, 0.29) is 26.4 Å². The number of hydrazine groups is 2. The Balaban J connectivity index is 1.69. The average Bonchev–Trinajstić information content (AvgIpc) is 2.64. The van der Waals surface area contributed by atoms with Crippen LogP contribution in [0.5, 0.6) is 0 Å². The summed E-state index contributed by atoms with van der Waals surface area (Å²) in [5, 5.41) is 24.0. The Hall–Kier alpha value is -1.76. The van der Waals surface area contributed by atoms with E-state index < -0.39 is 10.1 Å². The molecule has 12 heteroatoms. The second kappa shape index (κ2) is 11.1. The minimum Gasteiger partial charge on any atom is -0.379 e. The molecule has 12 nitrogen and oxygen atoms in total. The number of nitro groups is 2. The van der Waals surface area contributed by atoms with Crippen LogP contribution in [-0.2, 0) is 9.47 Å². The topological polar surface area (TPSA) is 118 Å². The predicted octanol–water partition coefficient (Wildman–Crippen LogP) is -0.667. The fourth-order valence-electron chi connectivity index (χ4n) is 2.94. The standard InChI is InChI=1S/C14H28N6O6/c21-19(22)17(13-15-5-9-25-10-6-15)3-1-2-4-18(20(23)24)14-16-7-11-26-12-8-16/h1-14H2. The maximum atomic E-state index is 11.2. The van der Waals surface area contributed by atoms with E-state index in [2.05, 4.69) is 0 Å². The van der Waals surface area contributed by atoms with Crippen LogP contribution < -0.4 is 0 Å². The van der Waals surface area contributed by atoms with Gasteiger partial charge in [0.25, 0.3) is 0 Å². The molecule has 2 aliphatic heterocycles. The molecule has 2 heterocycles. The molecule has 2 saturated heterocycles. The van der Waals surface area contributed by atoms with Crippen molar-refractivity contribution in [2.75, 3.05) is 79.0 Å². The van der Waals surface area contributed by atoms with Crippen LogP contribution >= 0.6 is 0 Å². The molecule has 2 fully saturated rings. The molecule has 0 spiro atoms. The maximum Gasteiger partial charge on any atom is 0.161 e. The van der Waals surface area contributed by atoms with Crippen LogP contribution in [0.15, 0.2) is 0 Å². The molecular formula is C14H28N6O6. The summed E-state index contributed by atoms with van der Waals surface area (Å²) in [7, 11) is 0. The van der Waals surface area contributed by atoms with Crippen molar-refractivity contribution >= 4 is 0 Å². The van der Waals surface area contributed by atoms with Gasteiger partial charge in [0, 0.05) is 26.2 Å². The van der Waals surface area contributed by atoms with Gasteiger partial charge in [-0.1, -0.05) is 0 Å². The van der Waals surface area contributed by atoms with Gasteiger partial charge in [0.1, 0.15) is 13.3 Å². The largest absolute Gasteiger partial charge is 0.379 e. The summed E-state index contributed by atoms with van der Waals surface area (Å²) in [6.07, 6.45) is 1.05. The first-order chi connectivity index (χ1) is 12.6. The number of hydrogen-bond donors (Lipinski definition) is 0. The van der Waals surface area contributed by atoms with Gasteiger partial charge in [-0.25, -0.2) is 20.2 Å². The summed E-state index contributed by atoms with van der Waals surface area (Å²) >= 11 is 0. The van der Waals surface area contributed by atoms with Crippen LogP contribution in [0.25, 0.3) is 0 Å². The number of hydrogen-bond acceptors (Lipinski definition) is 8. The molecule has 0 unspecified atom stereocenters. The van der Waals surface area contributed by atoms with E-state index in [0.717, 1.165) is 0 Å². The smallest absolute Gasteiger partial charge is 0.161 e. The van der Waals surface area contributed by atoms with E-state index in [9.17, 15) is 20.2 Å².